The third-order valence-electron chi connectivity index (χ3n) is 3.66. The molecule has 1 saturated carbocycles. The molecule has 0 aromatic carbocycles. The smallest absolute Gasteiger partial charge is 0.322 e. The van der Waals surface area contributed by atoms with Gasteiger partial charge < -0.3 is 9.73 Å². The van der Waals surface area contributed by atoms with Crippen LogP contribution in [-0.4, -0.2) is 53.7 Å². The minimum Gasteiger partial charge on any atom is -0.408 e. The number of hydrogen-bond donors (Lipinski definition) is 2. The largest absolute Gasteiger partial charge is 0.408 e. The SMILES string of the molecule is CN(CC(=O)Nc1nnc(C2CC2)o1)C1CCNC1. The van der Waals surface area contributed by atoms with E-state index in [1.165, 1.54) is 0 Å². The monoisotopic (exact) mass is 265 g/mol. The second-order valence-electron chi connectivity index (χ2n) is 5.33. The van der Waals surface area contributed by atoms with Gasteiger partial charge in [-0.15, -0.1) is 5.10 Å². The van der Waals surface area contributed by atoms with Crippen molar-refractivity contribution in [2.75, 3.05) is 32.0 Å². The zero-order chi connectivity index (χ0) is 13.2. The van der Waals surface area contributed by atoms with Crippen LogP contribution < -0.4 is 10.6 Å². The highest BCUT2D eigenvalue weighted by Crippen LogP contribution is 2.39. The van der Waals surface area contributed by atoms with E-state index in [9.17, 15) is 4.79 Å². The summed E-state index contributed by atoms with van der Waals surface area (Å²) in [5, 5.41) is 13.7. The number of anilines is 1. The summed E-state index contributed by atoms with van der Waals surface area (Å²) >= 11 is 0. The quantitative estimate of drug-likeness (QED) is 0.790. The number of likely N-dealkylation sites (N-methyl/N-ethyl adjacent to an activating group) is 1. The zero-order valence-corrected chi connectivity index (χ0v) is 11.1. The van der Waals surface area contributed by atoms with Gasteiger partial charge in [0.05, 0.1) is 6.54 Å². The van der Waals surface area contributed by atoms with Crippen LogP contribution in [0, 0.1) is 0 Å². The number of carbonyl (C=O) groups is 1. The Hall–Kier alpha value is -1.47. The lowest BCUT2D eigenvalue weighted by atomic mass is 10.2. The van der Waals surface area contributed by atoms with E-state index >= 15 is 0 Å². The molecule has 2 heterocycles. The maximum absolute atomic E-state index is 11.9. The standard InChI is InChI=1S/C12H19N5O2/c1-17(9-4-5-13-6-9)7-10(18)14-12-16-15-11(19-12)8-2-3-8/h8-9,13H,2-7H2,1H3,(H,14,16,18). The van der Waals surface area contributed by atoms with Crippen molar-refractivity contribution in [1.82, 2.24) is 20.4 Å². The second kappa shape index (κ2) is 5.26. The number of carbonyl (C=O) groups excluding carboxylic acids is 1. The van der Waals surface area contributed by atoms with Crippen molar-refractivity contribution in [3.05, 3.63) is 5.89 Å². The van der Waals surface area contributed by atoms with Crippen molar-refractivity contribution in [2.45, 2.75) is 31.2 Å². The molecular formula is C12H19N5O2. The lowest BCUT2D eigenvalue weighted by Crippen LogP contribution is -2.39. The average Bonchev–Trinajstić information content (AvgIpc) is 2.91. The van der Waals surface area contributed by atoms with E-state index < -0.39 is 0 Å². The van der Waals surface area contributed by atoms with Crippen LogP contribution in [0.5, 0.6) is 0 Å². The number of hydrogen-bond acceptors (Lipinski definition) is 6. The number of rotatable bonds is 5. The Bertz CT molecular complexity index is 451. The van der Waals surface area contributed by atoms with E-state index in [1.54, 1.807) is 0 Å². The number of amides is 1. The summed E-state index contributed by atoms with van der Waals surface area (Å²) in [5.74, 6) is 0.939. The van der Waals surface area contributed by atoms with Gasteiger partial charge in [0.25, 0.3) is 0 Å². The molecule has 2 aliphatic rings. The molecule has 1 aromatic rings. The molecular weight excluding hydrogens is 246 g/mol. The van der Waals surface area contributed by atoms with Gasteiger partial charge in [-0.2, -0.15) is 0 Å². The fourth-order valence-corrected chi connectivity index (χ4v) is 2.31. The molecule has 1 aromatic heterocycles. The first kappa shape index (κ1) is 12.6. The Morgan fingerprint density at radius 1 is 1.47 bits per heavy atom. The van der Waals surface area contributed by atoms with Gasteiger partial charge in [-0.25, -0.2) is 0 Å². The molecule has 19 heavy (non-hydrogen) atoms. The van der Waals surface area contributed by atoms with Crippen LogP contribution in [0.25, 0.3) is 0 Å². The minimum atomic E-state index is -0.111. The summed E-state index contributed by atoms with van der Waals surface area (Å²) in [5.41, 5.74) is 0. The summed E-state index contributed by atoms with van der Waals surface area (Å²) in [6.07, 6.45) is 3.29. The first-order valence-corrected chi connectivity index (χ1v) is 6.76. The maximum Gasteiger partial charge on any atom is 0.322 e. The van der Waals surface area contributed by atoms with Crippen LogP contribution >= 0.6 is 0 Å². The summed E-state index contributed by atoms with van der Waals surface area (Å²) in [6.45, 7) is 2.30. The molecule has 2 fully saturated rings. The van der Waals surface area contributed by atoms with Crippen LogP contribution in [0.1, 0.15) is 31.1 Å². The van der Waals surface area contributed by atoms with E-state index in [0.717, 1.165) is 32.4 Å². The Balaban J connectivity index is 1.49. The van der Waals surface area contributed by atoms with Crippen LogP contribution in [0.3, 0.4) is 0 Å². The molecule has 1 aliphatic heterocycles. The van der Waals surface area contributed by atoms with Crippen LogP contribution in [-0.2, 0) is 4.79 Å². The number of nitrogens with one attached hydrogen (secondary N) is 2. The molecule has 2 N–H and O–H groups in total. The van der Waals surface area contributed by atoms with Crippen molar-refractivity contribution >= 4 is 11.9 Å². The molecule has 3 rings (SSSR count). The van der Waals surface area contributed by atoms with Gasteiger partial charge in [-0.3, -0.25) is 15.0 Å². The number of aromatic nitrogens is 2. The molecule has 1 saturated heterocycles. The molecule has 7 heteroatoms. The molecule has 0 spiro atoms. The highest BCUT2D eigenvalue weighted by Gasteiger charge is 2.29. The van der Waals surface area contributed by atoms with Crippen molar-refractivity contribution in [3.8, 4) is 0 Å². The first-order chi connectivity index (χ1) is 9.22. The van der Waals surface area contributed by atoms with Gasteiger partial charge >= 0.3 is 6.01 Å². The third kappa shape index (κ3) is 3.10. The summed E-state index contributed by atoms with van der Waals surface area (Å²) < 4.78 is 5.40. The fourth-order valence-electron chi connectivity index (χ4n) is 2.31. The molecule has 1 aliphatic carbocycles. The van der Waals surface area contributed by atoms with E-state index in [-0.39, 0.29) is 11.9 Å². The van der Waals surface area contributed by atoms with Crippen LogP contribution in [0.2, 0.25) is 0 Å². The van der Waals surface area contributed by atoms with E-state index in [2.05, 4.69) is 20.8 Å². The van der Waals surface area contributed by atoms with E-state index in [4.69, 9.17) is 4.42 Å². The lowest BCUT2D eigenvalue weighted by Gasteiger charge is -2.22. The summed E-state index contributed by atoms with van der Waals surface area (Å²) in [7, 11) is 1.96. The molecule has 1 unspecified atom stereocenters. The molecule has 0 radical (unpaired) electrons. The van der Waals surface area contributed by atoms with Gasteiger partial charge in [0.1, 0.15) is 0 Å². The van der Waals surface area contributed by atoms with Crippen LogP contribution in [0.15, 0.2) is 4.42 Å². The van der Waals surface area contributed by atoms with Crippen molar-refractivity contribution in [3.63, 3.8) is 0 Å². The van der Waals surface area contributed by atoms with Gasteiger partial charge in [0.15, 0.2) is 0 Å². The lowest BCUT2D eigenvalue weighted by molar-refractivity contribution is -0.117. The van der Waals surface area contributed by atoms with Gasteiger partial charge in [-0.1, -0.05) is 5.10 Å². The normalized spacial score (nSPS) is 22.9. The fraction of sp³-hybridized carbons (Fsp3) is 0.750. The predicted molar refractivity (Wildman–Crippen MR) is 68.8 cm³/mol. The minimum absolute atomic E-state index is 0.111. The molecule has 1 atom stereocenters. The molecule has 7 nitrogen and oxygen atoms in total. The topological polar surface area (TPSA) is 83.3 Å². The summed E-state index contributed by atoms with van der Waals surface area (Å²) in [4.78, 5) is 13.9. The Labute approximate surface area is 111 Å². The second-order valence-corrected chi connectivity index (χ2v) is 5.33. The molecule has 104 valence electrons. The predicted octanol–water partition coefficient (Wildman–Crippen LogP) is 0.179. The number of nitrogens with zero attached hydrogens (tertiary/aromatic N) is 3. The van der Waals surface area contributed by atoms with Crippen molar-refractivity contribution < 1.29 is 9.21 Å². The Morgan fingerprint density at radius 2 is 2.32 bits per heavy atom. The zero-order valence-electron chi connectivity index (χ0n) is 11.1. The van der Waals surface area contributed by atoms with Crippen LogP contribution in [0.4, 0.5) is 6.01 Å². The summed E-state index contributed by atoms with van der Waals surface area (Å²) in [6, 6.07) is 0.639. The first-order valence-electron chi connectivity index (χ1n) is 6.76. The van der Waals surface area contributed by atoms with Gasteiger partial charge in [-0.05, 0) is 32.9 Å². The third-order valence-corrected chi connectivity index (χ3v) is 3.66. The maximum atomic E-state index is 11.9. The molecule has 0 bridgehead atoms. The van der Waals surface area contributed by atoms with E-state index in [0.29, 0.717) is 24.4 Å². The van der Waals surface area contributed by atoms with Gasteiger partial charge in [0, 0.05) is 18.5 Å². The van der Waals surface area contributed by atoms with Crippen molar-refractivity contribution in [1.29, 1.82) is 0 Å². The van der Waals surface area contributed by atoms with E-state index in [1.807, 2.05) is 11.9 Å². The van der Waals surface area contributed by atoms with Crippen molar-refractivity contribution in [2.24, 2.45) is 0 Å². The Morgan fingerprint density at radius 3 is 3.00 bits per heavy atom. The molecule has 1 amide bonds. The average molecular weight is 265 g/mol. The highest BCUT2D eigenvalue weighted by atomic mass is 16.4. The Kier molecular flexibility index (Phi) is 3.48. The van der Waals surface area contributed by atoms with Gasteiger partial charge in [0.2, 0.25) is 11.8 Å². The highest BCUT2D eigenvalue weighted by molar-refractivity contribution is 5.90.